The highest BCUT2D eigenvalue weighted by Gasteiger charge is 2.20. The number of nitrogens with zero attached hydrogens (tertiary/aromatic N) is 1. The van der Waals surface area contributed by atoms with Crippen molar-refractivity contribution >= 4 is 0 Å². The largest absolute Gasteiger partial charge is 0.486 e. The first-order valence-electron chi connectivity index (χ1n) is 7.26. The first-order chi connectivity index (χ1) is 10.2. The molecule has 0 unspecified atom stereocenters. The number of halogens is 1. The van der Waals surface area contributed by atoms with Gasteiger partial charge in [0.05, 0.1) is 0 Å². The van der Waals surface area contributed by atoms with Gasteiger partial charge in [-0.3, -0.25) is 4.98 Å². The summed E-state index contributed by atoms with van der Waals surface area (Å²) in [4.78, 5) is 4.10. The van der Waals surface area contributed by atoms with Crippen LogP contribution >= 0.6 is 0 Å². The van der Waals surface area contributed by atoms with Gasteiger partial charge in [-0.2, -0.15) is 0 Å². The summed E-state index contributed by atoms with van der Waals surface area (Å²) in [5, 5.41) is 3.37. The zero-order valence-corrected chi connectivity index (χ0v) is 12.1. The van der Waals surface area contributed by atoms with E-state index in [1.807, 2.05) is 19.1 Å². The Morgan fingerprint density at radius 1 is 1.24 bits per heavy atom. The molecule has 3 nitrogen and oxygen atoms in total. The Hall–Kier alpha value is -1.94. The predicted molar refractivity (Wildman–Crippen MR) is 79.6 cm³/mol. The lowest BCUT2D eigenvalue weighted by atomic mass is 10.2. The molecule has 1 aromatic heterocycles. The highest BCUT2D eigenvalue weighted by atomic mass is 19.1. The lowest BCUT2D eigenvalue weighted by molar-refractivity contribution is 0.289. The lowest BCUT2D eigenvalue weighted by Crippen LogP contribution is -2.15. The van der Waals surface area contributed by atoms with E-state index in [1.165, 1.54) is 12.8 Å². The number of ether oxygens (including phenoxy) is 1. The maximum atomic E-state index is 14.0. The van der Waals surface area contributed by atoms with Gasteiger partial charge >= 0.3 is 0 Å². The second-order valence-corrected chi connectivity index (χ2v) is 5.58. The van der Waals surface area contributed by atoms with Gasteiger partial charge in [0.2, 0.25) is 0 Å². The van der Waals surface area contributed by atoms with Crippen LogP contribution in [0.15, 0.2) is 36.7 Å². The van der Waals surface area contributed by atoms with Crippen molar-refractivity contribution in [3.63, 3.8) is 0 Å². The van der Waals surface area contributed by atoms with Crippen molar-refractivity contribution in [3.8, 4) is 5.75 Å². The number of pyridine rings is 1. The molecule has 0 saturated heterocycles. The predicted octanol–water partition coefficient (Wildman–Crippen LogP) is 3.36. The monoisotopic (exact) mass is 286 g/mol. The number of aromatic nitrogens is 1. The molecule has 21 heavy (non-hydrogen) atoms. The lowest BCUT2D eigenvalue weighted by Gasteiger charge is -2.09. The van der Waals surface area contributed by atoms with Crippen molar-refractivity contribution in [2.45, 2.75) is 39.0 Å². The van der Waals surface area contributed by atoms with E-state index in [0.717, 1.165) is 16.7 Å². The van der Waals surface area contributed by atoms with E-state index in [9.17, 15) is 4.39 Å². The SMILES string of the molecule is Cc1cncc(COc2ccc(CNC3CC3)cc2F)c1. The van der Waals surface area contributed by atoms with E-state index in [0.29, 0.717) is 19.2 Å². The number of aryl methyl sites for hydroxylation is 1. The molecule has 0 atom stereocenters. The smallest absolute Gasteiger partial charge is 0.165 e. The zero-order chi connectivity index (χ0) is 14.7. The van der Waals surface area contributed by atoms with Gasteiger partial charge < -0.3 is 10.1 Å². The quantitative estimate of drug-likeness (QED) is 0.884. The minimum absolute atomic E-state index is 0.284. The van der Waals surface area contributed by atoms with Gasteiger partial charge in [0.1, 0.15) is 6.61 Å². The Morgan fingerprint density at radius 2 is 2.10 bits per heavy atom. The number of rotatable bonds is 6. The third-order valence-electron chi connectivity index (χ3n) is 3.49. The van der Waals surface area contributed by atoms with Crippen LogP contribution in [0.2, 0.25) is 0 Å². The van der Waals surface area contributed by atoms with Gasteiger partial charge in [-0.1, -0.05) is 6.07 Å². The molecule has 2 aromatic rings. The third-order valence-corrected chi connectivity index (χ3v) is 3.49. The molecule has 1 fully saturated rings. The van der Waals surface area contributed by atoms with Gasteiger partial charge in [0.15, 0.2) is 11.6 Å². The molecule has 0 amide bonds. The molecular weight excluding hydrogens is 267 g/mol. The third kappa shape index (κ3) is 4.02. The summed E-state index contributed by atoms with van der Waals surface area (Å²) in [6.45, 7) is 3.01. The summed E-state index contributed by atoms with van der Waals surface area (Å²) in [7, 11) is 0. The zero-order valence-electron chi connectivity index (χ0n) is 12.1. The van der Waals surface area contributed by atoms with Crippen LogP contribution in [0.3, 0.4) is 0 Å². The maximum absolute atomic E-state index is 14.0. The van der Waals surface area contributed by atoms with Gasteiger partial charge in [0, 0.05) is 30.5 Å². The molecule has 110 valence electrons. The maximum Gasteiger partial charge on any atom is 0.165 e. The van der Waals surface area contributed by atoms with E-state index in [-0.39, 0.29) is 11.6 Å². The van der Waals surface area contributed by atoms with E-state index >= 15 is 0 Å². The standard InChI is InChI=1S/C17H19FN2O/c1-12-6-14(9-19-8-12)11-21-17-5-2-13(7-16(17)18)10-20-15-3-4-15/h2,5-9,15,20H,3-4,10-11H2,1H3. The number of hydrogen-bond acceptors (Lipinski definition) is 3. The first-order valence-corrected chi connectivity index (χ1v) is 7.26. The fraction of sp³-hybridized carbons (Fsp3) is 0.353. The van der Waals surface area contributed by atoms with Crippen LogP contribution in [-0.2, 0) is 13.2 Å². The topological polar surface area (TPSA) is 34.1 Å². The van der Waals surface area contributed by atoms with Crippen molar-refractivity contribution in [2.24, 2.45) is 0 Å². The fourth-order valence-corrected chi connectivity index (χ4v) is 2.18. The van der Waals surface area contributed by atoms with Crippen molar-refractivity contribution in [1.29, 1.82) is 0 Å². The van der Waals surface area contributed by atoms with Gasteiger partial charge in [-0.05, 0) is 49.1 Å². The first kappa shape index (κ1) is 14.0. The number of hydrogen-bond donors (Lipinski definition) is 1. The average Bonchev–Trinajstić information content (AvgIpc) is 3.28. The second kappa shape index (κ2) is 6.22. The summed E-state index contributed by atoms with van der Waals surface area (Å²) in [6, 6.07) is 7.75. The van der Waals surface area contributed by atoms with E-state index in [2.05, 4.69) is 10.3 Å². The van der Waals surface area contributed by atoms with E-state index < -0.39 is 0 Å². The number of nitrogens with one attached hydrogen (secondary N) is 1. The molecule has 0 spiro atoms. The molecular formula is C17H19FN2O. The Bertz CT molecular complexity index is 626. The fourth-order valence-electron chi connectivity index (χ4n) is 2.18. The molecule has 4 heteroatoms. The van der Waals surface area contributed by atoms with Crippen LogP contribution in [0.5, 0.6) is 5.75 Å². The molecule has 1 aromatic carbocycles. The summed E-state index contributed by atoms with van der Waals surface area (Å²) in [5.41, 5.74) is 2.95. The van der Waals surface area contributed by atoms with Crippen LogP contribution in [0, 0.1) is 12.7 Å². The van der Waals surface area contributed by atoms with Gasteiger partial charge in [-0.25, -0.2) is 4.39 Å². The highest BCUT2D eigenvalue weighted by Crippen LogP contribution is 2.22. The molecule has 0 bridgehead atoms. The molecule has 1 N–H and O–H groups in total. The second-order valence-electron chi connectivity index (χ2n) is 5.58. The van der Waals surface area contributed by atoms with Gasteiger partial charge in [-0.15, -0.1) is 0 Å². The van der Waals surface area contributed by atoms with Crippen LogP contribution < -0.4 is 10.1 Å². The number of benzene rings is 1. The van der Waals surface area contributed by atoms with Gasteiger partial charge in [0.25, 0.3) is 0 Å². The van der Waals surface area contributed by atoms with E-state index in [4.69, 9.17) is 4.74 Å². The van der Waals surface area contributed by atoms with Crippen LogP contribution in [-0.4, -0.2) is 11.0 Å². The van der Waals surface area contributed by atoms with E-state index in [1.54, 1.807) is 24.5 Å². The van der Waals surface area contributed by atoms with Crippen molar-refractivity contribution in [2.75, 3.05) is 0 Å². The normalized spacial score (nSPS) is 14.2. The van der Waals surface area contributed by atoms with Crippen LogP contribution in [0.25, 0.3) is 0 Å². The summed E-state index contributed by atoms with van der Waals surface area (Å²) < 4.78 is 19.5. The molecule has 3 rings (SSSR count). The molecule has 1 aliphatic rings. The van der Waals surface area contributed by atoms with Crippen LogP contribution in [0.4, 0.5) is 4.39 Å². The van der Waals surface area contributed by atoms with Crippen molar-refractivity contribution in [1.82, 2.24) is 10.3 Å². The molecule has 0 radical (unpaired) electrons. The minimum Gasteiger partial charge on any atom is -0.486 e. The average molecular weight is 286 g/mol. The Morgan fingerprint density at radius 3 is 2.81 bits per heavy atom. The highest BCUT2D eigenvalue weighted by molar-refractivity contribution is 5.30. The molecule has 1 saturated carbocycles. The van der Waals surface area contributed by atoms with Crippen molar-refractivity contribution < 1.29 is 9.13 Å². The minimum atomic E-state index is -0.314. The Labute approximate surface area is 124 Å². The van der Waals surface area contributed by atoms with Crippen LogP contribution in [0.1, 0.15) is 29.5 Å². The molecule has 0 aliphatic heterocycles. The van der Waals surface area contributed by atoms with Crippen molar-refractivity contribution in [3.05, 3.63) is 59.2 Å². The molecule has 1 heterocycles. The summed E-state index contributed by atoms with van der Waals surface area (Å²) in [5.74, 6) is -0.0302. The Balaban J connectivity index is 1.59. The summed E-state index contributed by atoms with van der Waals surface area (Å²) in [6.07, 6.45) is 5.98. The Kier molecular flexibility index (Phi) is 4.15. The summed E-state index contributed by atoms with van der Waals surface area (Å²) >= 11 is 0. The molecule has 1 aliphatic carbocycles.